The van der Waals surface area contributed by atoms with E-state index in [1.165, 1.54) is 192 Å². The summed E-state index contributed by atoms with van der Waals surface area (Å²) in [6.45, 7) is 6.89. The van der Waals surface area contributed by atoms with E-state index in [4.69, 9.17) is 19.9 Å². The fourth-order valence-corrected chi connectivity index (χ4v) is 26.1. The molecule has 0 atom stereocenters. The lowest BCUT2D eigenvalue weighted by atomic mass is 9.81. The van der Waals surface area contributed by atoms with E-state index in [0.29, 0.717) is 11.6 Å². The standard InChI is InChI=1S/C49H33NS.C42H25N5S.C39H25N3S/c1-49(2)41-15-9-8-14-37(41)38-23-18-34(29-42(38)49)33-20-27-45-40(28-33)39-24-26-44-47(48(39)51-45)46-36-13-7-6-12-32(36)19-25-43(46)50(44)35-21-16-31(17-22-35)30-10-4-3-5-11-30;1-3-11-27(12-4-1)39-35(25-45-42(46-39)28-13-5-2-6-14-28)47-33-19-16-26-10-7-8-15-30(26)37(33)38-34(47)20-18-31-32-24-29(41-43-22-9-23-44-41)17-21-36(32)48-40(31)38;1-24-16-21-34-30(22-24)29-18-20-33-37(38(29)43-34)36-28-15-9-8-10-25(28)17-19-32(36)42(33)35-23-31(26-11-4-2-5-12-26)40-39(41-35)27-13-6-3-7-14-27/h3-29H,1-2H3;1-25H;2-23H,1H3. The van der Waals surface area contributed by atoms with Crippen molar-refractivity contribution >= 4 is 192 Å². The molecule has 29 aromatic rings. The van der Waals surface area contributed by atoms with Crippen molar-refractivity contribution in [3.8, 4) is 107 Å². The minimum absolute atomic E-state index is 0.0222. The van der Waals surface area contributed by atoms with Crippen molar-refractivity contribution in [1.82, 2.24) is 43.6 Å². The highest BCUT2D eigenvalue weighted by molar-refractivity contribution is 7.27. The summed E-state index contributed by atoms with van der Waals surface area (Å²) in [6, 6.07) is 155. The Morgan fingerprint density at radius 3 is 1.24 bits per heavy atom. The molecule has 142 heavy (non-hydrogen) atoms. The fourth-order valence-electron chi connectivity index (χ4n) is 22.4. The smallest absolute Gasteiger partial charge is 0.162 e. The molecule has 1 aliphatic rings. The van der Waals surface area contributed by atoms with Gasteiger partial charge in [0.1, 0.15) is 5.82 Å². The minimum atomic E-state index is -0.0222. The third-order valence-electron chi connectivity index (χ3n) is 29.0. The number of fused-ring (bicyclic) bond motifs is 30. The van der Waals surface area contributed by atoms with Crippen LogP contribution in [0.4, 0.5) is 0 Å². The number of aryl methyl sites for hydroxylation is 1. The molecule has 30 rings (SSSR count). The van der Waals surface area contributed by atoms with Gasteiger partial charge >= 0.3 is 0 Å². The van der Waals surface area contributed by atoms with Gasteiger partial charge in [-0.2, -0.15) is 0 Å². The number of benzene rings is 20. The Hall–Kier alpha value is -17.5. The molecule has 20 aromatic carbocycles. The summed E-state index contributed by atoms with van der Waals surface area (Å²) < 4.78 is 15.0. The number of thiophene rings is 3. The normalized spacial score (nSPS) is 12.4. The first-order chi connectivity index (χ1) is 70.1. The molecule has 0 bridgehead atoms. The lowest BCUT2D eigenvalue weighted by molar-refractivity contribution is 0.660. The van der Waals surface area contributed by atoms with Crippen LogP contribution in [-0.2, 0) is 5.41 Å². The van der Waals surface area contributed by atoms with E-state index in [1.54, 1.807) is 12.4 Å². The van der Waals surface area contributed by atoms with Crippen LogP contribution >= 0.6 is 34.0 Å². The van der Waals surface area contributed by atoms with E-state index in [0.717, 1.165) is 78.6 Å². The maximum atomic E-state index is 5.24. The molecule has 1 aliphatic carbocycles. The number of rotatable bonds is 10. The molecular formula is C130H83N9S3. The molecule has 0 spiro atoms. The van der Waals surface area contributed by atoms with Crippen LogP contribution in [0.5, 0.6) is 0 Å². The maximum absolute atomic E-state index is 5.24. The Kier molecular flexibility index (Phi) is 19.3. The van der Waals surface area contributed by atoms with Crippen LogP contribution < -0.4 is 0 Å². The summed E-state index contributed by atoms with van der Waals surface area (Å²) in [7, 11) is 0. The molecule has 0 N–H and O–H groups in total. The summed E-state index contributed by atoms with van der Waals surface area (Å²) in [6.07, 6.45) is 5.58. The van der Waals surface area contributed by atoms with Gasteiger partial charge in [-0.05, 0) is 187 Å². The molecule has 9 heterocycles. The highest BCUT2D eigenvalue weighted by Gasteiger charge is 2.36. The topological polar surface area (TPSA) is 92.1 Å². The summed E-state index contributed by atoms with van der Waals surface area (Å²) in [5.74, 6) is 3.01. The van der Waals surface area contributed by atoms with Gasteiger partial charge in [0.15, 0.2) is 17.5 Å². The quantitative estimate of drug-likeness (QED) is 0.135. The predicted molar refractivity (Wildman–Crippen MR) is 601 cm³/mol. The monoisotopic (exact) mass is 1870 g/mol. The van der Waals surface area contributed by atoms with Gasteiger partial charge in [0.05, 0.1) is 56.4 Å². The first-order valence-electron chi connectivity index (χ1n) is 48.2. The zero-order valence-corrected chi connectivity index (χ0v) is 79.9. The van der Waals surface area contributed by atoms with Crippen molar-refractivity contribution in [1.29, 1.82) is 0 Å². The Balaban J connectivity index is 0.000000104. The molecule has 666 valence electrons. The molecule has 9 aromatic heterocycles. The SMILES string of the molecule is CC1(C)c2ccccc2-c2ccc(-c3ccc4sc5c(ccc6c5c5c7ccccc7ccc5n6-c5ccc(-c6ccccc6)cc5)c4c3)cc21.Cc1ccc2sc3c(ccc4c3c3c5ccccc5ccc3n4-c3cc(-c4ccccc4)nc(-c4ccccc4)n3)c2c1.c1ccc(-c2ncc(-n3c4ccc5ccccc5c4c4c5sc6ccc(-c7ncccn7)cc6c5ccc43)c(-c3ccccc3)n2)cc1. The third kappa shape index (κ3) is 13.4. The first-order valence-corrected chi connectivity index (χ1v) is 50.6. The highest BCUT2D eigenvalue weighted by atomic mass is 32.1. The average molecular weight is 1870 g/mol. The molecular weight excluding hydrogens is 1780 g/mol. The van der Waals surface area contributed by atoms with Crippen LogP contribution in [-0.4, -0.2) is 43.6 Å². The van der Waals surface area contributed by atoms with Crippen molar-refractivity contribution in [3.63, 3.8) is 0 Å². The van der Waals surface area contributed by atoms with Crippen LogP contribution in [0.15, 0.2) is 449 Å². The van der Waals surface area contributed by atoms with Gasteiger partial charge in [0.25, 0.3) is 0 Å². The summed E-state index contributed by atoms with van der Waals surface area (Å²) in [5, 5.41) is 22.9. The lowest BCUT2D eigenvalue weighted by Crippen LogP contribution is -2.14. The van der Waals surface area contributed by atoms with Gasteiger partial charge in [-0.25, -0.2) is 29.9 Å². The average Bonchev–Trinajstić information content (AvgIpc) is 1.55. The van der Waals surface area contributed by atoms with Crippen molar-refractivity contribution in [3.05, 3.63) is 466 Å². The van der Waals surface area contributed by atoms with Gasteiger partial charge < -0.3 is 9.13 Å². The number of aromatic nitrogens is 9. The van der Waals surface area contributed by atoms with Crippen LogP contribution in [0.2, 0.25) is 0 Å². The van der Waals surface area contributed by atoms with Crippen LogP contribution in [0.3, 0.4) is 0 Å². The van der Waals surface area contributed by atoms with E-state index in [-0.39, 0.29) is 5.41 Å². The third-order valence-corrected chi connectivity index (χ3v) is 32.6. The Morgan fingerprint density at radius 2 is 0.662 bits per heavy atom. The fraction of sp³-hybridized carbons (Fsp3) is 0.0308. The molecule has 0 unspecified atom stereocenters. The van der Waals surface area contributed by atoms with Crippen molar-refractivity contribution < 1.29 is 0 Å². The van der Waals surface area contributed by atoms with Gasteiger partial charge in [-0.3, -0.25) is 4.57 Å². The maximum Gasteiger partial charge on any atom is 0.162 e. The second kappa shape index (κ2) is 33.1. The molecule has 0 amide bonds. The van der Waals surface area contributed by atoms with Gasteiger partial charge in [0, 0.05) is 150 Å². The van der Waals surface area contributed by atoms with Gasteiger partial charge in [0.2, 0.25) is 0 Å². The van der Waals surface area contributed by atoms with Crippen molar-refractivity contribution in [2.24, 2.45) is 0 Å². The Labute approximate surface area is 828 Å². The number of hydrogen-bond acceptors (Lipinski definition) is 9. The summed E-state index contributed by atoms with van der Waals surface area (Å²) in [5.41, 5.74) is 27.9. The predicted octanol–water partition coefficient (Wildman–Crippen LogP) is 35.6. The molecule has 0 fully saturated rings. The van der Waals surface area contributed by atoms with E-state index in [1.807, 2.05) is 94.8 Å². The van der Waals surface area contributed by atoms with Crippen LogP contribution in [0, 0.1) is 6.92 Å². The zero-order chi connectivity index (χ0) is 93.9. The first kappa shape index (κ1) is 82.7. The van der Waals surface area contributed by atoms with Crippen LogP contribution in [0.1, 0.15) is 30.5 Å². The highest BCUT2D eigenvalue weighted by Crippen LogP contribution is 2.54. The van der Waals surface area contributed by atoms with E-state index >= 15 is 0 Å². The molecule has 0 aliphatic heterocycles. The molecule has 12 heteroatoms. The Morgan fingerprint density at radius 1 is 0.246 bits per heavy atom. The second-order valence-electron chi connectivity index (χ2n) is 37.5. The molecule has 0 radical (unpaired) electrons. The van der Waals surface area contributed by atoms with E-state index < -0.39 is 0 Å². The summed E-state index contributed by atoms with van der Waals surface area (Å²) in [4.78, 5) is 29.5. The van der Waals surface area contributed by atoms with E-state index in [9.17, 15) is 0 Å². The van der Waals surface area contributed by atoms with E-state index in [2.05, 4.69) is 421 Å². The molecule has 0 saturated carbocycles. The van der Waals surface area contributed by atoms with Gasteiger partial charge in [-0.1, -0.05) is 341 Å². The summed E-state index contributed by atoms with van der Waals surface area (Å²) >= 11 is 5.65. The van der Waals surface area contributed by atoms with Crippen molar-refractivity contribution in [2.45, 2.75) is 26.2 Å². The molecule has 9 nitrogen and oxygen atoms in total. The second-order valence-corrected chi connectivity index (χ2v) is 40.7. The number of nitrogens with zero attached hydrogens (tertiary/aromatic N) is 9. The molecule has 0 saturated heterocycles. The number of hydrogen-bond donors (Lipinski definition) is 0. The largest absolute Gasteiger partial charge is 0.309 e. The van der Waals surface area contributed by atoms with Gasteiger partial charge in [-0.15, -0.1) is 34.0 Å². The zero-order valence-electron chi connectivity index (χ0n) is 77.5. The minimum Gasteiger partial charge on any atom is -0.309 e. The lowest BCUT2D eigenvalue weighted by Gasteiger charge is -2.22. The van der Waals surface area contributed by atoms with Crippen LogP contribution in [0.25, 0.3) is 266 Å². The Bertz CT molecular complexity index is 10200. The van der Waals surface area contributed by atoms with Crippen molar-refractivity contribution in [2.75, 3.05) is 0 Å².